The van der Waals surface area contributed by atoms with E-state index in [9.17, 15) is 8.78 Å². The van der Waals surface area contributed by atoms with Gasteiger partial charge in [-0.1, -0.05) is 6.07 Å². The van der Waals surface area contributed by atoms with E-state index in [-0.39, 0.29) is 6.04 Å². The molecule has 1 saturated heterocycles. The quantitative estimate of drug-likeness (QED) is 0.587. The van der Waals surface area contributed by atoms with Gasteiger partial charge < -0.3 is 11.1 Å². The van der Waals surface area contributed by atoms with Gasteiger partial charge in [0, 0.05) is 25.7 Å². The van der Waals surface area contributed by atoms with Crippen LogP contribution in [-0.4, -0.2) is 29.9 Å². The van der Waals surface area contributed by atoms with Gasteiger partial charge in [0.15, 0.2) is 11.6 Å². The molecule has 1 aliphatic heterocycles. The first-order chi connectivity index (χ1) is 10.1. The van der Waals surface area contributed by atoms with E-state index in [2.05, 4.69) is 10.2 Å². The van der Waals surface area contributed by atoms with E-state index in [0.29, 0.717) is 12.4 Å². The van der Waals surface area contributed by atoms with Gasteiger partial charge in [0.1, 0.15) is 5.84 Å². The van der Waals surface area contributed by atoms with Crippen LogP contribution in [0.15, 0.2) is 30.5 Å². The van der Waals surface area contributed by atoms with Crippen LogP contribution >= 0.6 is 0 Å². The fourth-order valence-corrected chi connectivity index (χ4v) is 2.50. The van der Waals surface area contributed by atoms with Crippen molar-refractivity contribution < 1.29 is 8.78 Å². The number of benzene rings is 1. The van der Waals surface area contributed by atoms with Crippen molar-refractivity contribution in [2.75, 3.05) is 13.1 Å². The van der Waals surface area contributed by atoms with Gasteiger partial charge in [0.2, 0.25) is 0 Å². The molecule has 2 rings (SSSR count). The lowest BCUT2D eigenvalue weighted by Gasteiger charge is -2.32. The average Bonchev–Trinajstić information content (AvgIpc) is 2.45. The molecule has 0 aliphatic carbocycles. The van der Waals surface area contributed by atoms with Crippen molar-refractivity contribution in [2.24, 2.45) is 5.73 Å². The molecular formula is C15H20F2N4. The first kappa shape index (κ1) is 15.4. The summed E-state index contributed by atoms with van der Waals surface area (Å²) in [6.07, 6.45) is 4.68. The minimum atomic E-state index is -0.812. The molecule has 1 aromatic rings. The first-order valence-corrected chi connectivity index (χ1v) is 6.98. The molecule has 4 N–H and O–H groups in total. The van der Waals surface area contributed by atoms with Crippen LogP contribution in [0.2, 0.25) is 0 Å². The molecule has 6 heteroatoms. The van der Waals surface area contributed by atoms with Crippen molar-refractivity contribution in [1.82, 2.24) is 10.2 Å². The van der Waals surface area contributed by atoms with Crippen LogP contribution in [0.25, 0.3) is 0 Å². The van der Waals surface area contributed by atoms with Crippen LogP contribution in [0.5, 0.6) is 0 Å². The summed E-state index contributed by atoms with van der Waals surface area (Å²) >= 11 is 0. The molecule has 0 amide bonds. The van der Waals surface area contributed by atoms with Crippen LogP contribution in [-0.2, 0) is 6.54 Å². The molecule has 0 aromatic heterocycles. The Bertz CT molecular complexity index is 522. The molecule has 0 saturated carbocycles. The van der Waals surface area contributed by atoms with Crippen molar-refractivity contribution >= 4 is 5.84 Å². The summed E-state index contributed by atoms with van der Waals surface area (Å²) in [7, 11) is 0. The summed E-state index contributed by atoms with van der Waals surface area (Å²) in [5, 5.41) is 10.7. The lowest BCUT2D eigenvalue weighted by atomic mass is 10.0. The van der Waals surface area contributed by atoms with E-state index in [1.807, 2.05) is 0 Å². The molecule has 21 heavy (non-hydrogen) atoms. The third-order valence-electron chi connectivity index (χ3n) is 3.60. The fourth-order valence-electron chi connectivity index (χ4n) is 2.50. The van der Waals surface area contributed by atoms with E-state index in [4.69, 9.17) is 11.1 Å². The Hall–Kier alpha value is -1.95. The van der Waals surface area contributed by atoms with E-state index < -0.39 is 11.6 Å². The van der Waals surface area contributed by atoms with Gasteiger partial charge in [-0.15, -0.1) is 0 Å². The number of halogens is 2. The number of likely N-dealkylation sites (tertiary alicyclic amines) is 1. The van der Waals surface area contributed by atoms with Gasteiger partial charge in [-0.3, -0.25) is 10.3 Å². The van der Waals surface area contributed by atoms with Crippen molar-refractivity contribution in [3.63, 3.8) is 0 Å². The molecule has 0 radical (unpaired) electrons. The number of hydrogen-bond acceptors (Lipinski definition) is 3. The Kier molecular flexibility index (Phi) is 5.27. The highest BCUT2D eigenvalue weighted by Gasteiger charge is 2.19. The molecule has 0 bridgehead atoms. The highest BCUT2D eigenvalue weighted by molar-refractivity contribution is 5.90. The first-order valence-electron chi connectivity index (χ1n) is 6.98. The van der Waals surface area contributed by atoms with Crippen molar-refractivity contribution in [1.29, 1.82) is 5.41 Å². The van der Waals surface area contributed by atoms with Gasteiger partial charge in [0.05, 0.1) is 0 Å². The molecule has 114 valence electrons. The zero-order chi connectivity index (χ0) is 15.2. The normalized spacial score (nSPS) is 17.2. The second-order valence-electron chi connectivity index (χ2n) is 5.22. The highest BCUT2D eigenvalue weighted by atomic mass is 19.2. The second kappa shape index (κ2) is 7.17. The standard InChI is InChI=1S/C15H20F2N4/c16-13-2-1-11(9-14(13)17)10-21-7-4-12(5-8-21)20-15(19)3-6-18/h1-3,6,9,12H,4-5,7-8,10,18H2,(H2,19,20)/b6-3-. The molecule has 0 unspecified atom stereocenters. The maximum atomic E-state index is 13.2. The number of nitrogens with one attached hydrogen (secondary N) is 2. The Morgan fingerprint density at radius 2 is 2.05 bits per heavy atom. The summed E-state index contributed by atoms with van der Waals surface area (Å²) in [5.41, 5.74) is 6.02. The van der Waals surface area contributed by atoms with Gasteiger partial charge in [0.25, 0.3) is 0 Å². The lowest BCUT2D eigenvalue weighted by Crippen LogP contribution is -2.43. The number of nitrogens with two attached hydrogens (primary N) is 1. The van der Waals surface area contributed by atoms with Gasteiger partial charge in [-0.25, -0.2) is 8.78 Å². The predicted molar refractivity (Wildman–Crippen MR) is 78.8 cm³/mol. The van der Waals surface area contributed by atoms with E-state index in [1.165, 1.54) is 24.4 Å². The zero-order valence-corrected chi connectivity index (χ0v) is 11.8. The molecule has 0 atom stereocenters. The number of nitrogens with zero attached hydrogens (tertiary/aromatic N) is 1. The Labute approximate surface area is 123 Å². The monoisotopic (exact) mass is 294 g/mol. The van der Waals surface area contributed by atoms with Crippen LogP contribution in [0.1, 0.15) is 18.4 Å². The minimum absolute atomic E-state index is 0.259. The van der Waals surface area contributed by atoms with E-state index in [1.54, 1.807) is 6.07 Å². The molecule has 1 aromatic carbocycles. The SMILES string of the molecule is N=C(/C=C\N)NC1CCN(Cc2ccc(F)c(F)c2)CC1. The smallest absolute Gasteiger partial charge is 0.159 e. The minimum Gasteiger partial charge on any atom is -0.404 e. The predicted octanol–water partition coefficient (Wildman–Crippen LogP) is 1.97. The second-order valence-corrected chi connectivity index (χ2v) is 5.22. The van der Waals surface area contributed by atoms with Gasteiger partial charge in [-0.05, 0) is 42.8 Å². The van der Waals surface area contributed by atoms with E-state index in [0.717, 1.165) is 31.5 Å². The Morgan fingerprint density at radius 3 is 2.67 bits per heavy atom. The van der Waals surface area contributed by atoms with Crippen LogP contribution in [0.3, 0.4) is 0 Å². The third-order valence-corrected chi connectivity index (χ3v) is 3.60. The Morgan fingerprint density at radius 1 is 1.33 bits per heavy atom. The number of amidine groups is 1. The maximum Gasteiger partial charge on any atom is 0.159 e. The van der Waals surface area contributed by atoms with Crippen LogP contribution in [0, 0.1) is 17.0 Å². The zero-order valence-electron chi connectivity index (χ0n) is 11.8. The maximum absolute atomic E-state index is 13.2. The summed E-state index contributed by atoms with van der Waals surface area (Å²) in [6, 6.07) is 4.29. The van der Waals surface area contributed by atoms with Crippen LogP contribution < -0.4 is 11.1 Å². The molecule has 1 aliphatic rings. The van der Waals surface area contributed by atoms with Crippen molar-refractivity contribution in [2.45, 2.75) is 25.4 Å². The third kappa shape index (κ3) is 4.53. The van der Waals surface area contributed by atoms with E-state index >= 15 is 0 Å². The Balaban J connectivity index is 1.81. The summed E-state index contributed by atoms with van der Waals surface area (Å²) < 4.78 is 26.0. The molecule has 0 spiro atoms. The van der Waals surface area contributed by atoms with Crippen molar-refractivity contribution in [3.8, 4) is 0 Å². The lowest BCUT2D eigenvalue weighted by molar-refractivity contribution is 0.198. The molecule has 1 fully saturated rings. The summed E-state index contributed by atoms with van der Waals surface area (Å²) in [6.45, 7) is 2.33. The molecule has 4 nitrogen and oxygen atoms in total. The average molecular weight is 294 g/mol. The summed E-state index contributed by atoms with van der Waals surface area (Å²) in [4.78, 5) is 2.20. The largest absolute Gasteiger partial charge is 0.404 e. The molecular weight excluding hydrogens is 274 g/mol. The van der Waals surface area contributed by atoms with Gasteiger partial charge >= 0.3 is 0 Å². The molecule has 1 heterocycles. The van der Waals surface area contributed by atoms with Crippen LogP contribution in [0.4, 0.5) is 8.78 Å². The topological polar surface area (TPSA) is 65.1 Å². The fraction of sp³-hybridized carbons (Fsp3) is 0.400. The highest BCUT2D eigenvalue weighted by Crippen LogP contribution is 2.15. The van der Waals surface area contributed by atoms with Gasteiger partial charge in [-0.2, -0.15) is 0 Å². The number of piperidine rings is 1. The summed E-state index contributed by atoms with van der Waals surface area (Å²) in [5.74, 6) is -1.30. The number of hydrogen-bond donors (Lipinski definition) is 3. The van der Waals surface area contributed by atoms with Crippen molar-refractivity contribution in [3.05, 3.63) is 47.7 Å². The number of rotatable bonds is 4.